The van der Waals surface area contributed by atoms with Gasteiger partial charge >= 0.3 is 0 Å². The van der Waals surface area contributed by atoms with E-state index in [1.807, 2.05) is 18.4 Å². The molecule has 0 aliphatic rings. The van der Waals surface area contributed by atoms with Crippen molar-refractivity contribution in [2.75, 3.05) is 0 Å². The largest absolute Gasteiger partial charge is 0.447 e. The number of benzene rings is 1. The van der Waals surface area contributed by atoms with Crippen LogP contribution in [0.1, 0.15) is 11.1 Å². The van der Waals surface area contributed by atoms with Crippen LogP contribution in [0.2, 0.25) is 0 Å². The minimum atomic E-state index is 0.643. The van der Waals surface area contributed by atoms with Gasteiger partial charge in [0.25, 0.3) is 0 Å². The van der Waals surface area contributed by atoms with Crippen LogP contribution in [0.15, 0.2) is 35.7 Å². The summed E-state index contributed by atoms with van der Waals surface area (Å²) in [5.74, 6) is 0.760. The van der Waals surface area contributed by atoms with Gasteiger partial charge in [-0.2, -0.15) is 5.26 Å². The van der Waals surface area contributed by atoms with E-state index in [1.54, 1.807) is 35.6 Å². The highest BCUT2D eigenvalue weighted by Gasteiger charge is 1.99. The molecule has 1 heterocycles. The second-order valence-corrected chi connectivity index (χ2v) is 4.06. The maximum absolute atomic E-state index is 8.63. The van der Waals surface area contributed by atoms with Crippen molar-refractivity contribution in [1.82, 2.24) is 0 Å². The van der Waals surface area contributed by atoms with E-state index >= 15 is 0 Å². The Morgan fingerprint density at radius 3 is 2.53 bits per heavy atom. The van der Waals surface area contributed by atoms with Gasteiger partial charge in [-0.25, -0.2) is 0 Å². The van der Waals surface area contributed by atoms with Gasteiger partial charge < -0.3 is 4.74 Å². The van der Waals surface area contributed by atoms with E-state index in [4.69, 9.17) is 10.00 Å². The van der Waals surface area contributed by atoms with Crippen LogP contribution < -0.4 is 4.74 Å². The molecule has 0 bridgehead atoms. The van der Waals surface area contributed by atoms with E-state index in [9.17, 15) is 0 Å². The molecule has 1 aromatic heterocycles. The van der Waals surface area contributed by atoms with Crippen LogP contribution in [-0.2, 0) is 0 Å². The van der Waals surface area contributed by atoms with E-state index in [1.165, 1.54) is 5.56 Å². The maximum atomic E-state index is 8.63. The first-order valence-corrected chi connectivity index (χ1v) is 5.39. The van der Waals surface area contributed by atoms with E-state index in [0.29, 0.717) is 5.56 Å². The predicted octanol–water partition coefficient (Wildman–Crippen LogP) is 3.72. The molecule has 1 aromatic carbocycles. The Hall–Kier alpha value is -1.79. The van der Waals surface area contributed by atoms with Crippen molar-refractivity contribution in [1.29, 1.82) is 5.26 Å². The van der Waals surface area contributed by atoms with Gasteiger partial charge in [-0.05, 0) is 48.2 Å². The van der Waals surface area contributed by atoms with Crippen LogP contribution in [0, 0.1) is 18.3 Å². The number of aryl methyl sites for hydroxylation is 1. The molecule has 0 saturated carbocycles. The molecule has 0 spiro atoms. The first-order chi connectivity index (χ1) is 7.28. The Morgan fingerprint density at radius 1 is 1.27 bits per heavy atom. The third-order valence-corrected chi connectivity index (χ3v) is 2.83. The zero-order chi connectivity index (χ0) is 10.7. The standard InChI is InChI=1S/C12H9NOS/c1-9-6-12(15-8-9)14-11-4-2-10(7-13)3-5-11/h2-6,8H,1H3. The summed E-state index contributed by atoms with van der Waals surface area (Å²) in [6, 6.07) is 11.1. The average molecular weight is 215 g/mol. The van der Waals surface area contributed by atoms with Gasteiger partial charge in [0.1, 0.15) is 5.75 Å². The molecule has 0 fully saturated rings. The molecule has 0 radical (unpaired) electrons. The number of nitriles is 1. The lowest BCUT2D eigenvalue weighted by Gasteiger charge is -2.01. The fraction of sp³-hybridized carbons (Fsp3) is 0.0833. The van der Waals surface area contributed by atoms with Crippen LogP contribution in [0.5, 0.6) is 10.8 Å². The normalized spacial score (nSPS) is 9.60. The molecule has 0 atom stereocenters. The highest BCUT2D eigenvalue weighted by atomic mass is 32.1. The van der Waals surface area contributed by atoms with Crippen LogP contribution in [-0.4, -0.2) is 0 Å². The summed E-state index contributed by atoms with van der Waals surface area (Å²) in [5.41, 5.74) is 1.84. The minimum Gasteiger partial charge on any atom is -0.447 e. The second-order valence-electron chi connectivity index (χ2n) is 3.18. The fourth-order valence-corrected chi connectivity index (χ4v) is 1.94. The lowest BCUT2D eigenvalue weighted by atomic mass is 10.2. The molecule has 2 rings (SSSR count). The van der Waals surface area contributed by atoms with Gasteiger partial charge in [-0.3, -0.25) is 0 Å². The van der Waals surface area contributed by atoms with Gasteiger partial charge in [0.2, 0.25) is 0 Å². The lowest BCUT2D eigenvalue weighted by molar-refractivity contribution is 0.496. The summed E-state index contributed by atoms with van der Waals surface area (Å²) in [5, 5.41) is 11.5. The molecule has 0 saturated heterocycles. The number of nitrogens with zero attached hydrogens (tertiary/aromatic N) is 1. The molecule has 0 aliphatic carbocycles. The van der Waals surface area contributed by atoms with Gasteiger partial charge in [-0.15, -0.1) is 11.3 Å². The second kappa shape index (κ2) is 4.16. The number of rotatable bonds is 2. The molecule has 74 valence electrons. The molecule has 0 aliphatic heterocycles. The topological polar surface area (TPSA) is 33.0 Å². The van der Waals surface area contributed by atoms with Gasteiger partial charge in [0.05, 0.1) is 11.6 Å². The number of hydrogen-bond donors (Lipinski definition) is 0. The van der Waals surface area contributed by atoms with Crippen LogP contribution >= 0.6 is 11.3 Å². The van der Waals surface area contributed by atoms with E-state index in [0.717, 1.165) is 10.8 Å². The zero-order valence-corrected chi connectivity index (χ0v) is 9.04. The molecule has 15 heavy (non-hydrogen) atoms. The summed E-state index contributed by atoms with van der Waals surface area (Å²) in [6.07, 6.45) is 0. The highest BCUT2D eigenvalue weighted by molar-refractivity contribution is 7.12. The number of hydrogen-bond acceptors (Lipinski definition) is 3. The van der Waals surface area contributed by atoms with Crippen LogP contribution in [0.3, 0.4) is 0 Å². The number of ether oxygens (including phenoxy) is 1. The number of thiophene rings is 1. The van der Waals surface area contributed by atoms with Crippen molar-refractivity contribution in [3.8, 4) is 16.9 Å². The van der Waals surface area contributed by atoms with Crippen molar-refractivity contribution in [2.24, 2.45) is 0 Å². The van der Waals surface area contributed by atoms with Crippen molar-refractivity contribution < 1.29 is 4.74 Å². The summed E-state index contributed by atoms with van der Waals surface area (Å²) in [7, 11) is 0. The molecule has 0 amide bonds. The lowest BCUT2D eigenvalue weighted by Crippen LogP contribution is -1.80. The van der Waals surface area contributed by atoms with E-state index in [-0.39, 0.29) is 0 Å². The molecule has 2 aromatic rings. The summed E-state index contributed by atoms with van der Waals surface area (Å²) in [4.78, 5) is 0. The first kappa shape index (κ1) is 9.75. The Kier molecular flexibility index (Phi) is 2.70. The minimum absolute atomic E-state index is 0.643. The van der Waals surface area contributed by atoms with Crippen molar-refractivity contribution in [3.63, 3.8) is 0 Å². The Balaban J connectivity index is 2.15. The van der Waals surface area contributed by atoms with Crippen LogP contribution in [0.25, 0.3) is 0 Å². The van der Waals surface area contributed by atoms with Gasteiger partial charge in [0, 0.05) is 0 Å². The SMILES string of the molecule is Cc1csc(Oc2ccc(C#N)cc2)c1. The Labute approximate surface area is 92.4 Å². The smallest absolute Gasteiger partial charge is 0.181 e. The first-order valence-electron chi connectivity index (χ1n) is 4.51. The van der Waals surface area contributed by atoms with Crippen LogP contribution in [0.4, 0.5) is 0 Å². The van der Waals surface area contributed by atoms with Gasteiger partial charge in [-0.1, -0.05) is 0 Å². The molecule has 3 heteroatoms. The van der Waals surface area contributed by atoms with Crippen molar-refractivity contribution in [2.45, 2.75) is 6.92 Å². The third-order valence-electron chi connectivity index (χ3n) is 1.91. The van der Waals surface area contributed by atoms with Crippen molar-refractivity contribution in [3.05, 3.63) is 46.8 Å². The third kappa shape index (κ3) is 2.36. The summed E-state index contributed by atoms with van der Waals surface area (Å²) < 4.78 is 5.61. The Bertz CT molecular complexity index is 493. The highest BCUT2D eigenvalue weighted by Crippen LogP contribution is 2.28. The van der Waals surface area contributed by atoms with E-state index < -0.39 is 0 Å². The summed E-state index contributed by atoms with van der Waals surface area (Å²) in [6.45, 7) is 2.03. The predicted molar refractivity (Wildman–Crippen MR) is 60.3 cm³/mol. The summed E-state index contributed by atoms with van der Waals surface area (Å²) >= 11 is 1.57. The molecular formula is C12H9NOS. The Morgan fingerprint density at radius 2 is 2.00 bits per heavy atom. The average Bonchev–Trinajstić information content (AvgIpc) is 2.65. The maximum Gasteiger partial charge on any atom is 0.181 e. The molecule has 2 nitrogen and oxygen atoms in total. The zero-order valence-electron chi connectivity index (χ0n) is 8.23. The quantitative estimate of drug-likeness (QED) is 0.764. The fourth-order valence-electron chi connectivity index (χ4n) is 1.17. The monoisotopic (exact) mass is 215 g/mol. The molecule has 0 unspecified atom stereocenters. The molecule has 0 N–H and O–H groups in total. The van der Waals surface area contributed by atoms with Crippen molar-refractivity contribution >= 4 is 11.3 Å². The molecular weight excluding hydrogens is 206 g/mol. The van der Waals surface area contributed by atoms with E-state index in [2.05, 4.69) is 6.07 Å². The van der Waals surface area contributed by atoms with Gasteiger partial charge in [0.15, 0.2) is 5.06 Å².